The van der Waals surface area contributed by atoms with E-state index in [9.17, 15) is 0 Å². The number of para-hydroxylation sites is 3. The number of benzene rings is 3. The SMILES string of the molecule is Cc1ccccc1N1CCN(c2ccccc2C)[C]1=[Ru]=[CH]c1ccccc1OC(C)C. The van der Waals surface area contributed by atoms with E-state index < -0.39 is 0 Å². The summed E-state index contributed by atoms with van der Waals surface area (Å²) < 4.78 is 9.86. The number of aryl methyl sites for hydroxylation is 2. The maximum atomic E-state index is 6.07. The summed E-state index contributed by atoms with van der Waals surface area (Å²) in [5.74, 6) is 0.968. The molecule has 0 aliphatic carbocycles. The molecule has 3 nitrogen and oxygen atoms in total. The van der Waals surface area contributed by atoms with Gasteiger partial charge in [-0.15, -0.1) is 0 Å². The first-order valence-electron chi connectivity index (χ1n) is 10.8. The molecular weight excluding hydrogens is 469 g/mol. The first-order chi connectivity index (χ1) is 15.0. The van der Waals surface area contributed by atoms with Crippen LogP contribution >= 0.6 is 0 Å². The summed E-state index contributed by atoms with van der Waals surface area (Å²) in [4.78, 5) is 5.03. The van der Waals surface area contributed by atoms with Gasteiger partial charge in [0, 0.05) is 0 Å². The van der Waals surface area contributed by atoms with Crippen molar-refractivity contribution in [2.24, 2.45) is 0 Å². The topological polar surface area (TPSA) is 15.7 Å². The average molecular weight is 500 g/mol. The Morgan fingerprint density at radius 1 is 0.774 bits per heavy atom. The summed E-state index contributed by atoms with van der Waals surface area (Å²) in [5.41, 5.74) is 6.43. The van der Waals surface area contributed by atoms with E-state index in [0.717, 1.165) is 18.8 Å². The molecule has 0 N–H and O–H groups in total. The van der Waals surface area contributed by atoms with E-state index >= 15 is 0 Å². The number of rotatable bonds is 5. The van der Waals surface area contributed by atoms with Crippen molar-refractivity contribution >= 4 is 20.3 Å². The summed E-state index contributed by atoms with van der Waals surface area (Å²) in [5, 5.41) is 0. The van der Waals surface area contributed by atoms with E-state index in [-0.39, 0.29) is 22.3 Å². The first-order valence-corrected chi connectivity index (χ1v) is 12.6. The van der Waals surface area contributed by atoms with Crippen molar-refractivity contribution in [3.63, 3.8) is 0 Å². The van der Waals surface area contributed by atoms with Gasteiger partial charge >= 0.3 is 193 Å². The average Bonchev–Trinajstić information content (AvgIpc) is 3.17. The normalized spacial score (nSPS) is 13.8. The van der Waals surface area contributed by atoms with Crippen LogP contribution in [0, 0.1) is 13.8 Å². The minimum atomic E-state index is -0.171. The second-order valence-corrected chi connectivity index (χ2v) is 9.82. The summed E-state index contributed by atoms with van der Waals surface area (Å²) >= 11 is -0.171. The van der Waals surface area contributed by atoms with Gasteiger partial charge in [-0.25, -0.2) is 0 Å². The molecule has 1 saturated heterocycles. The fourth-order valence-corrected chi connectivity index (χ4v) is 6.09. The van der Waals surface area contributed by atoms with Gasteiger partial charge in [-0.1, -0.05) is 0 Å². The second kappa shape index (κ2) is 9.70. The van der Waals surface area contributed by atoms with Gasteiger partial charge in [0.15, 0.2) is 0 Å². The monoisotopic (exact) mass is 500 g/mol. The Morgan fingerprint density at radius 3 is 1.84 bits per heavy atom. The minimum absolute atomic E-state index is 0.163. The van der Waals surface area contributed by atoms with Gasteiger partial charge in [-0.05, 0) is 0 Å². The molecule has 0 aromatic heterocycles. The van der Waals surface area contributed by atoms with E-state index in [1.54, 1.807) is 0 Å². The molecular formula is C27H30N2ORu. The van der Waals surface area contributed by atoms with Crippen LogP contribution in [0.5, 0.6) is 5.75 Å². The molecule has 3 aromatic rings. The Bertz CT molecular complexity index is 1080. The van der Waals surface area contributed by atoms with Crippen molar-refractivity contribution in [2.45, 2.75) is 33.8 Å². The molecule has 1 fully saturated rings. The van der Waals surface area contributed by atoms with Gasteiger partial charge < -0.3 is 0 Å². The van der Waals surface area contributed by atoms with Crippen LogP contribution in [0.3, 0.4) is 0 Å². The van der Waals surface area contributed by atoms with E-state index in [1.165, 1.54) is 32.4 Å². The molecule has 162 valence electrons. The molecule has 0 bridgehead atoms. The Kier molecular flexibility index (Phi) is 6.78. The quantitative estimate of drug-likeness (QED) is 0.435. The van der Waals surface area contributed by atoms with Gasteiger partial charge in [0.2, 0.25) is 0 Å². The Hall–Kier alpha value is -2.58. The molecule has 0 saturated carbocycles. The van der Waals surface area contributed by atoms with Crippen molar-refractivity contribution in [2.75, 3.05) is 22.9 Å². The van der Waals surface area contributed by atoms with Crippen LogP contribution in [0.4, 0.5) is 11.4 Å². The zero-order valence-electron chi connectivity index (χ0n) is 18.7. The third-order valence-electron chi connectivity index (χ3n) is 5.33. The summed E-state index contributed by atoms with van der Waals surface area (Å²) in [7, 11) is 0. The molecule has 0 unspecified atom stereocenters. The zero-order valence-corrected chi connectivity index (χ0v) is 20.4. The van der Waals surface area contributed by atoms with E-state index in [2.05, 4.69) is 109 Å². The van der Waals surface area contributed by atoms with Crippen LogP contribution in [0.2, 0.25) is 0 Å². The van der Waals surface area contributed by atoms with Gasteiger partial charge in [-0.2, -0.15) is 0 Å². The van der Waals surface area contributed by atoms with Crippen LogP contribution < -0.4 is 14.5 Å². The van der Waals surface area contributed by atoms with Gasteiger partial charge in [0.1, 0.15) is 0 Å². The van der Waals surface area contributed by atoms with Gasteiger partial charge in [-0.3, -0.25) is 0 Å². The van der Waals surface area contributed by atoms with E-state index in [0.29, 0.717) is 0 Å². The third-order valence-corrected chi connectivity index (χ3v) is 7.50. The van der Waals surface area contributed by atoms with Crippen LogP contribution in [0.1, 0.15) is 30.5 Å². The van der Waals surface area contributed by atoms with Crippen molar-refractivity contribution in [3.8, 4) is 5.75 Å². The van der Waals surface area contributed by atoms with Crippen molar-refractivity contribution in [3.05, 3.63) is 89.5 Å². The number of hydrogen-bond donors (Lipinski definition) is 0. The predicted molar refractivity (Wildman–Crippen MR) is 129 cm³/mol. The number of hydrogen-bond acceptors (Lipinski definition) is 3. The molecule has 0 spiro atoms. The van der Waals surface area contributed by atoms with Gasteiger partial charge in [0.25, 0.3) is 0 Å². The first kappa shape index (κ1) is 21.6. The molecule has 4 heteroatoms. The number of nitrogens with zero attached hydrogens (tertiary/aromatic N) is 2. The molecule has 1 aliphatic rings. The van der Waals surface area contributed by atoms with Crippen LogP contribution in [-0.4, -0.2) is 28.2 Å². The van der Waals surface area contributed by atoms with Crippen molar-refractivity contribution < 1.29 is 21.0 Å². The Labute approximate surface area is 192 Å². The van der Waals surface area contributed by atoms with E-state index in [1.807, 2.05) is 6.07 Å². The van der Waals surface area contributed by atoms with Gasteiger partial charge in [0.05, 0.1) is 0 Å². The Morgan fingerprint density at radius 2 is 1.29 bits per heavy atom. The molecule has 4 rings (SSSR count). The van der Waals surface area contributed by atoms with Crippen molar-refractivity contribution in [1.82, 2.24) is 0 Å². The molecule has 1 aliphatic heterocycles. The van der Waals surface area contributed by atoms with Crippen molar-refractivity contribution in [1.29, 1.82) is 0 Å². The fraction of sp³-hybridized carbons (Fsp3) is 0.259. The number of anilines is 2. The molecule has 0 radical (unpaired) electrons. The zero-order chi connectivity index (χ0) is 21.8. The van der Waals surface area contributed by atoms with Crippen LogP contribution in [0.25, 0.3) is 0 Å². The molecule has 3 aromatic carbocycles. The molecule has 0 atom stereocenters. The third kappa shape index (κ3) is 4.85. The molecule has 1 heterocycles. The fourth-order valence-electron chi connectivity index (χ4n) is 3.83. The maximum absolute atomic E-state index is 6.07. The summed E-state index contributed by atoms with van der Waals surface area (Å²) in [6.45, 7) is 10.6. The van der Waals surface area contributed by atoms with Crippen LogP contribution in [0.15, 0.2) is 72.8 Å². The second-order valence-electron chi connectivity index (χ2n) is 8.04. The summed E-state index contributed by atoms with van der Waals surface area (Å²) in [6.07, 6.45) is 0.163. The van der Waals surface area contributed by atoms with Crippen LogP contribution in [-0.2, 0) is 16.2 Å². The molecule has 31 heavy (non-hydrogen) atoms. The Balaban J connectivity index is 1.83. The predicted octanol–water partition coefficient (Wildman–Crippen LogP) is 5.44. The standard InChI is InChI=1S/C17H18N2.C10H12O.Ru/c1-14-7-3-5-9-16(14)18-11-12-19(13-18)17-10-6-4-8-15(17)2;1-8(2)11-10-7-5-4-6-9(10)3;/h3-10H,11-12H2,1-2H3;3-8H,1-2H3;. The van der Waals surface area contributed by atoms with E-state index in [4.69, 9.17) is 4.74 Å². The number of ether oxygens (including phenoxy) is 1. The summed E-state index contributed by atoms with van der Waals surface area (Å²) in [6, 6.07) is 25.8. The molecule has 0 amide bonds.